The van der Waals surface area contributed by atoms with Crippen molar-refractivity contribution in [3.05, 3.63) is 59.2 Å². The highest BCUT2D eigenvalue weighted by atomic mass is 19.1. The maximum absolute atomic E-state index is 13.5. The molecule has 6 heteroatoms. The van der Waals surface area contributed by atoms with Gasteiger partial charge < -0.3 is 0 Å². The van der Waals surface area contributed by atoms with E-state index in [-0.39, 0.29) is 0 Å². The first-order chi connectivity index (χ1) is 11.2. The molecule has 2 aromatic heterocycles. The van der Waals surface area contributed by atoms with Crippen LogP contribution < -0.4 is 0 Å². The Balaban J connectivity index is 1.97. The monoisotopic (exact) mass is 305 g/mol. The van der Waals surface area contributed by atoms with E-state index in [0.717, 1.165) is 35.5 Å². The third-order valence-corrected chi connectivity index (χ3v) is 4.15. The van der Waals surface area contributed by atoms with Crippen LogP contribution in [0.15, 0.2) is 30.6 Å². The van der Waals surface area contributed by atoms with Crippen molar-refractivity contribution in [1.82, 2.24) is 19.7 Å². The average molecular weight is 305 g/mol. The SMILES string of the molecule is Cc1nnc2n1-c1ccc(-c3cncc(F)c3)c(C#N)c1CC2. The minimum atomic E-state index is -0.416. The van der Waals surface area contributed by atoms with Crippen LogP contribution in [0.2, 0.25) is 0 Å². The number of aryl methyl sites for hydroxylation is 2. The predicted octanol–water partition coefficient (Wildman–Crippen LogP) is 2.75. The highest BCUT2D eigenvalue weighted by Crippen LogP contribution is 2.33. The van der Waals surface area contributed by atoms with Crippen molar-refractivity contribution in [3.8, 4) is 22.9 Å². The summed E-state index contributed by atoms with van der Waals surface area (Å²) >= 11 is 0. The Morgan fingerprint density at radius 1 is 1.22 bits per heavy atom. The zero-order valence-electron chi connectivity index (χ0n) is 12.4. The van der Waals surface area contributed by atoms with E-state index in [1.165, 1.54) is 6.07 Å². The lowest BCUT2D eigenvalue weighted by Crippen LogP contribution is -2.15. The molecule has 0 fully saturated rings. The number of nitrogens with zero attached hydrogens (tertiary/aromatic N) is 5. The molecule has 1 aromatic carbocycles. The average Bonchev–Trinajstić information content (AvgIpc) is 2.95. The molecular formula is C17H12FN5. The molecule has 0 aliphatic carbocycles. The van der Waals surface area contributed by atoms with Gasteiger partial charge in [-0.25, -0.2) is 4.39 Å². The van der Waals surface area contributed by atoms with Crippen molar-refractivity contribution in [2.75, 3.05) is 0 Å². The second-order valence-electron chi connectivity index (χ2n) is 5.49. The first kappa shape index (κ1) is 13.6. The molecule has 3 heterocycles. The smallest absolute Gasteiger partial charge is 0.142 e. The van der Waals surface area contributed by atoms with Crippen LogP contribution in [0.5, 0.6) is 0 Å². The minimum absolute atomic E-state index is 0.416. The van der Waals surface area contributed by atoms with E-state index in [2.05, 4.69) is 21.3 Å². The quantitative estimate of drug-likeness (QED) is 0.693. The number of hydrogen-bond donors (Lipinski definition) is 0. The second-order valence-corrected chi connectivity index (χ2v) is 5.49. The lowest BCUT2D eigenvalue weighted by Gasteiger charge is -2.21. The van der Waals surface area contributed by atoms with Gasteiger partial charge in [-0.15, -0.1) is 10.2 Å². The van der Waals surface area contributed by atoms with Crippen molar-refractivity contribution < 1.29 is 4.39 Å². The van der Waals surface area contributed by atoms with Crippen LogP contribution in [0.3, 0.4) is 0 Å². The van der Waals surface area contributed by atoms with Gasteiger partial charge in [0.05, 0.1) is 17.4 Å². The van der Waals surface area contributed by atoms with Crippen molar-refractivity contribution in [3.63, 3.8) is 0 Å². The Morgan fingerprint density at radius 3 is 2.87 bits per heavy atom. The van der Waals surface area contributed by atoms with Crippen LogP contribution in [-0.2, 0) is 12.8 Å². The summed E-state index contributed by atoms with van der Waals surface area (Å²) in [6.07, 6.45) is 4.17. The Bertz CT molecular complexity index is 968. The third kappa shape index (κ3) is 2.01. The summed E-state index contributed by atoms with van der Waals surface area (Å²) < 4.78 is 15.4. The minimum Gasteiger partial charge on any atom is -0.283 e. The van der Waals surface area contributed by atoms with Crippen molar-refractivity contribution in [2.24, 2.45) is 0 Å². The molecule has 1 aliphatic rings. The molecule has 3 aromatic rings. The molecule has 1 aliphatic heterocycles. The van der Waals surface area contributed by atoms with Gasteiger partial charge >= 0.3 is 0 Å². The number of fused-ring (bicyclic) bond motifs is 3. The molecule has 5 nitrogen and oxygen atoms in total. The molecular weight excluding hydrogens is 293 g/mol. The van der Waals surface area contributed by atoms with Gasteiger partial charge in [0.25, 0.3) is 0 Å². The van der Waals surface area contributed by atoms with Crippen LogP contribution in [0.1, 0.15) is 22.8 Å². The Hall–Kier alpha value is -3.07. The van der Waals surface area contributed by atoms with E-state index in [4.69, 9.17) is 0 Å². The largest absolute Gasteiger partial charge is 0.283 e. The van der Waals surface area contributed by atoms with Gasteiger partial charge in [0.1, 0.15) is 23.5 Å². The van der Waals surface area contributed by atoms with E-state index >= 15 is 0 Å². The van der Waals surface area contributed by atoms with Crippen LogP contribution >= 0.6 is 0 Å². The van der Waals surface area contributed by atoms with Gasteiger partial charge in [0.15, 0.2) is 0 Å². The number of hydrogen-bond acceptors (Lipinski definition) is 4. The fourth-order valence-corrected chi connectivity index (χ4v) is 3.15. The number of nitriles is 1. The molecule has 23 heavy (non-hydrogen) atoms. The van der Waals surface area contributed by atoms with E-state index in [0.29, 0.717) is 23.1 Å². The molecule has 0 unspecified atom stereocenters. The van der Waals surface area contributed by atoms with E-state index < -0.39 is 5.82 Å². The molecule has 112 valence electrons. The van der Waals surface area contributed by atoms with Crippen LogP contribution in [-0.4, -0.2) is 19.7 Å². The summed E-state index contributed by atoms with van der Waals surface area (Å²) in [7, 11) is 0. The van der Waals surface area contributed by atoms with E-state index in [9.17, 15) is 9.65 Å². The van der Waals surface area contributed by atoms with Crippen LogP contribution in [0.4, 0.5) is 4.39 Å². The Labute approximate surface area is 132 Å². The Kier molecular flexibility index (Phi) is 2.95. The topological polar surface area (TPSA) is 67.4 Å². The number of aromatic nitrogens is 4. The molecule has 0 saturated heterocycles. The number of pyridine rings is 1. The first-order valence-corrected chi connectivity index (χ1v) is 7.27. The summed E-state index contributed by atoms with van der Waals surface area (Å²) in [5.74, 6) is 1.28. The third-order valence-electron chi connectivity index (χ3n) is 4.15. The molecule has 0 bridgehead atoms. The summed E-state index contributed by atoms with van der Waals surface area (Å²) in [5.41, 5.74) is 3.75. The number of rotatable bonds is 1. The highest BCUT2D eigenvalue weighted by molar-refractivity contribution is 5.75. The lowest BCUT2D eigenvalue weighted by molar-refractivity contribution is 0.622. The zero-order valence-corrected chi connectivity index (χ0v) is 12.4. The normalized spacial score (nSPS) is 12.4. The fraction of sp³-hybridized carbons (Fsp3) is 0.176. The molecule has 0 radical (unpaired) electrons. The maximum Gasteiger partial charge on any atom is 0.142 e. The summed E-state index contributed by atoms with van der Waals surface area (Å²) in [4.78, 5) is 3.88. The molecule has 0 atom stereocenters. The standard InChI is InChI=1S/C17H12FN5/c1-10-21-22-17-5-3-14-15(7-19)13(2-4-16(14)23(10)17)11-6-12(18)9-20-8-11/h2,4,6,8-9H,3,5H2,1H3. The summed E-state index contributed by atoms with van der Waals surface area (Å²) in [5, 5.41) is 18.0. The first-order valence-electron chi connectivity index (χ1n) is 7.27. The second kappa shape index (κ2) is 4.99. The maximum atomic E-state index is 13.5. The summed E-state index contributed by atoms with van der Waals surface area (Å²) in [6, 6.07) is 7.45. The van der Waals surface area contributed by atoms with Gasteiger partial charge in [0.2, 0.25) is 0 Å². The van der Waals surface area contributed by atoms with E-state index in [1.54, 1.807) is 6.20 Å². The zero-order chi connectivity index (χ0) is 16.0. The van der Waals surface area contributed by atoms with Crippen molar-refractivity contribution in [1.29, 1.82) is 5.26 Å². The summed E-state index contributed by atoms with van der Waals surface area (Å²) in [6.45, 7) is 1.89. The van der Waals surface area contributed by atoms with Gasteiger partial charge in [-0.05, 0) is 31.0 Å². The van der Waals surface area contributed by atoms with Crippen molar-refractivity contribution >= 4 is 0 Å². The van der Waals surface area contributed by atoms with E-state index in [1.807, 2.05) is 23.6 Å². The number of benzene rings is 1. The predicted molar refractivity (Wildman–Crippen MR) is 81.4 cm³/mol. The van der Waals surface area contributed by atoms with Gasteiger partial charge in [-0.3, -0.25) is 9.55 Å². The lowest BCUT2D eigenvalue weighted by atomic mass is 9.91. The van der Waals surface area contributed by atoms with Crippen LogP contribution in [0.25, 0.3) is 16.8 Å². The van der Waals surface area contributed by atoms with Gasteiger partial charge in [-0.2, -0.15) is 5.26 Å². The number of halogens is 1. The van der Waals surface area contributed by atoms with Gasteiger partial charge in [-0.1, -0.05) is 6.07 Å². The molecule has 0 N–H and O–H groups in total. The molecule has 4 rings (SSSR count). The molecule has 0 spiro atoms. The fourth-order valence-electron chi connectivity index (χ4n) is 3.15. The van der Waals surface area contributed by atoms with Crippen molar-refractivity contribution in [2.45, 2.75) is 19.8 Å². The van der Waals surface area contributed by atoms with Crippen LogP contribution in [0, 0.1) is 24.1 Å². The Morgan fingerprint density at radius 2 is 2.09 bits per heavy atom. The molecule has 0 amide bonds. The van der Waals surface area contributed by atoms with Gasteiger partial charge in [0, 0.05) is 23.7 Å². The molecule has 0 saturated carbocycles. The highest BCUT2D eigenvalue weighted by Gasteiger charge is 2.24.